The summed E-state index contributed by atoms with van der Waals surface area (Å²) in [4.78, 5) is 25.3. The van der Waals surface area contributed by atoms with Crippen molar-refractivity contribution in [2.45, 2.75) is 6.92 Å². The molecule has 2 aromatic carbocycles. The lowest BCUT2D eigenvalue weighted by Gasteiger charge is -2.06. The van der Waals surface area contributed by atoms with Crippen LogP contribution >= 0.6 is 11.3 Å². The van der Waals surface area contributed by atoms with Crippen LogP contribution < -0.4 is 15.8 Å². The minimum Gasteiger partial charge on any atom is -0.494 e. The van der Waals surface area contributed by atoms with Crippen molar-refractivity contribution in [1.29, 1.82) is 0 Å². The largest absolute Gasteiger partial charge is 0.494 e. The van der Waals surface area contributed by atoms with E-state index < -0.39 is 17.6 Å². The van der Waals surface area contributed by atoms with E-state index in [1.54, 1.807) is 6.07 Å². The van der Waals surface area contributed by atoms with Gasteiger partial charge in [0.05, 0.1) is 12.7 Å². The Balaban J connectivity index is 1.85. The van der Waals surface area contributed by atoms with Crippen LogP contribution in [0, 0.1) is 12.7 Å². The van der Waals surface area contributed by atoms with Crippen LogP contribution in [0.1, 0.15) is 20.8 Å². The van der Waals surface area contributed by atoms with E-state index >= 15 is 0 Å². The number of nitrogens with two attached hydrogens (primary N) is 1. The van der Waals surface area contributed by atoms with Gasteiger partial charge in [-0.05, 0) is 36.3 Å². The lowest BCUT2D eigenvalue weighted by molar-refractivity contribution is -0.111. The highest BCUT2D eigenvalue weighted by Crippen LogP contribution is 2.39. The highest BCUT2D eigenvalue weighted by molar-refractivity contribution is 7.17. The number of anilines is 1. The van der Waals surface area contributed by atoms with Crippen LogP contribution in [0.2, 0.25) is 0 Å². The Morgan fingerprint density at radius 1 is 1.17 bits per heavy atom. The van der Waals surface area contributed by atoms with Gasteiger partial charge in [-0.3, -0.25) is 9.59 Å². The van der Waals surface area contributed by atoms with Gasteiger partial charge >= 0.3 is 0 Å². The summed E-state index contributed by atoms with van der Waals surface area (Å²) >= 11 is 1.28. The molecule has 0 saturated heterocycles. The minimum absolute atomic E-state index is 0.125. The Hall–Kier alpha value is -3.45. The van der Waals surface area contributed by atoms with Gasteiger partial charge in [-0.1, -0.05) is 36.4 Å². The van der Waals surface area contributed by atoms with Gasteiger partial charge in [0.15, 0.2) is 11.6 Å². The van der Waals surface area contributed by atoms with Crippen molar-refractivity contribution < 1.29 is 18.7 Å². The number of rotatable bonds is 6. The van der Waals surface area contributed by atoms with Crippen LogP contribution in [0.3, 0.4) is 0 Å². The van der Waals surface area contributed by atoms with E-state index in [1.807, 2.05) is 37.3 Å². The van der Waals surface area contributed by atoms with Gasteiger partial charge in [0.25, 0.3) is 5.91 Å². The van der Waals surface area contributed by atoms with Crippen LogP contribution in [-0.2, 0) is 4.79 Å². The predicted octanol–water partition coefficient (Wildman–Crippen LogP) is 4.62. The third kappa shape index (κ3) is 4.52. The Labute approximate surface area is 171 Å². The monoisotopic (exact) mass is 410 g/mol. The van der Waals surface area contributed by atoms with Crippen molar-refractivity contribution in [3.63, 3.8) is 0 Å². The summed E-state index contributed by atoms with van der Waals surface area (Å²) in [5.41, 5.74) is 7.93. The third-order valence-corrected chi connectivity index (χ3v) is 5.25. The maximum Gasteiger partial charge on any atom is 0.252 e. The van der Waals surface area contributed by atoms with E-state index in [2.05, 4.69) is 5.32 Å². The summed E-state index contributed by atoms with van der Waals surface area (Å²) in [6.07, 6.45) is 2.74. The molecule has 5 nitrogen and oxygen atoms in total. The quantitative estimate of drug-likeness (QED) is 0.582. The van der Waals surface area contributed by atoms with Gasteiger partial charge in [0.1, 0.15) is 5.00 Å². The van der Waals surface area contributed by atoms with Crippen LogP contribution in [-0.4, -0.2) is 18.9 Å². The number of carbonyl (C=O) groups excluding carboxylic acids is 2. The predicted molar refractivity (Wildman–Crippen MR) is 114 cm³/mol. The second-order valence-corrected chi connectivity index (χ2v) is 7.41. The number of hydrogen-bond acceptors (Lipinski definition) is 4. The van der Waals surface area contributed by atoms with Gasteiger partial charge in [-0.2, -0.15) is 0 Å². The van der Waals surface area contributed by atoms with Crippen LogP contribution in [0.15, 0.2) is 54.6 Å². The molecule has 0 fully saturated rings. The normalized spacial score (nSPS) is 10.9. The van der Waals surface area contributed by atoms with Crippen molar-refractivity contribution in [1.82, 2.24) is 0 Å². The number of methoxy groups -OCH3 is 1. The van der Waals surface area contributed by atoms with Crippen molar-refractivity contribution in [2.24, 2.45) is 5.73 Å². The molecular formula is C22H19FN2O3S. The lowest BCUT2D eigenvalue weighted by Crippen LogP contribution is -2.16. The zero-order valence-corrected chi connectivity index (χ0v) is 16.7. The highest BCUT2D eigenvalue weighted by atomic mass is 32.1. The van der Waals surface area contributed by atoms with E-state index in [0.717, 1.165) is 10.4 Å². The fraction of sp³-hybridized carbons (Fsp3) is 0.0909. The van der Waals surface area contributed by atoms with Crippen LogP contribution in [0.4, 0.5) is 9.39 Å². The van der Waals surface area contributed by atoms with E-state index in [0.29, 0.717) is 16.1 Å². The molecule has 3 aromatic rings. The summed E-state index contributed by atoms with van der Waals surface area (Å²) in [6, 6.07) is 13.7. The molecule has 0 aliphatic heterocycles. The first kappa shape index (κ1) is 20.3. The molecule has 0 aliphatic rings. The van der Waals surface area contributed by atoms with Crippen molar-refractivity contribution >= 4 is 34.2 Å². The molecule has 0 saturated carbocycles. The fourth-order valence-electron chi connectivity index (χ4n) is 2.93. The SMILES string of the molecule is COc1ccc(/C=C/C(=O)Nc2sc(C)c(-c3ccccc3)c2C(N)=O)cc1F. The van der Waals surface area contributed by atoms with E-state index in [4.69, 9.17) is 10.5 Å². The molecule has 0 unspecified atom stereocenters. The van der Waals surface area contributed by atoms with Crippen molar-refractivity contribution in [3.05, 3.63) is 76.4 Å². The number of nitrogens with one attached hydrogen (secondary N) is 1. The van der Waals surface area contributed by atoms with E-state index in [-0.39, 0.29) is 11.3 Å². The average molecular weight is 410 g/mol. The van der Waals surface area contributed by atoms with E-state index in [1.165, 1.54) is 42.7 Å². The molecule has 0 spiro atoms. The van der Waals surface area contributed by atoms with Gasteiger partial charge in [0, 0.05) is 16.5 Å². The number of hydrogen-bond donors (Lipinski definition) is 2. The smallest absolute Gasteiger partial charge is 0.252 e. The fourth-order valence-corrected chi connectivity index (χ4v) is 4.02. The number of ether oxygens (including phenoxy) is 1. The molecule has 3 N–H and O–H groups in total. The van der Waals surface area contributed by atoms with Crippen molar-refractivity contribution in [2.75, 3.05) is 12.4 Å². The molecule has 29 heavy (non-hydrogen) atoms. The molecule has 1 heterocycles. The molecule has 7 heteroatoms. The Kier molecular flexibility index (Phi) is 6.09. The zero-order valence-electron chi connectivity index (χ0n) is 15.9. The molecular weight excluding hydrogens is 391 g/mol. The summed E-state index contributed by atoms with van der Waals surface area (Å²) < 4.78 is 18.6. The maximum absolute atomic E-state index is 13.8. The first-order valence-electron chi connectivity index (χ1n) is 8.72. The number of thiophene rings is 1. The number of aryl methyl sites for hydroxylation is 1. The first-order valence-corrected chi connectivity index (χ1v) is 9.53. The number of halogens is 1. The highest BCUT2D eigenvalue weighted by Gasteiger charge is 2.22. The van der Waals surface area contributed by atoms with Gasteiger partial charge in [0.2, 0.25) is 5.91 Å². The number of benzene rings is 2. The molecule has 0 atom stereocenters. The second kappa shape index (κ2) is 8.70. The molecule has 0 radical (unpaired) electrons. The number of amides is 2. The molecule has 1 aromatic heterocycles. The lowest BCUT2D eigenvalue weighted by atomic mass is 10.0. The second-order valence-electron chi connectivity index (χ2n) is 6.18. The minimum atomic E-state index is -0.621. The Bertz CT molecular complexity index is 1090. The molecule has 3 rings (SSSR count). The number of carbonyl (C=O) groups is 2. The Morgan fingerprint density at radius 2 is 1.90 bits per heavy atom. The molecule has 0 bridgehead atoms. The van der Waals surface area contributed by atoms with Crippen molar-refractivity contribution in [3.8, 4) is 16.9 Å². The standard InChI is InChI=1S/C22H19FN2O3S/c1-13-19(15-6-4-3-5-7-15)20(21(24)27)22(29-13)25-18(26)11-9-14-8-10-17(28-2)16(23)12-14/h3-12H,1-2H3,(H2,24,27)(H,25,26)/b11-9+. The Morgan fingerprint density at radius 3 is 2.52 bits per heavy atom. The molecule has 2 amide bonds. The maximum atomic E-state index is 13.8. The third-order valence-electron chi connectivity index (χ3n) is 4.23. The molecule has 148 valence electrons. The average Bonchev–Trinajstić information content (AvgIpc) is 3.03. The molecule has 0 aliphatic carbocycles. The van der Waals surface area contributed by atoms with Gasteiger partial charge in [-0.15, -0.1) is 11.3 Å². The summed E-state index contributed by atoms with van der Waals surface area (Å²) in [6.45, 7) is 1.87. The summed E-state index contributed by atoms with van der Waals surface area (Å²) in [5, 5.41) is 3.08. The zero-order chi connectivity index (χ0) is 21.0. The van der Waals surface area contributed by atoms with Gasteiger partial charge in [-0.25, -0.2) is 4.39 Å². The number of primary amides is 1. The van der Waals surface area contributed by atoms with Gasteiger partial charge < -0.3 is 15.8 Å². The topological polar surface area (TPSA) is 81.4 Å². The summed E-state index contributed by atoms with van der Waals surface area (Å²) in [5.74, 6) is -1.47. The van der Waals surface area contributed by atoms with Crippen LogP contribution in [0.25, 0.3) is 17.2 Å². The summed E-state index contributed by atoms with van der Waals surface area (Å²) in [7, 11) is 1.38. The van der Waals surface area contributed by atoms with E-state index in [9.17, 15) is 14.0 Å². The van der Waals surface area contributed by atoms with Crippen LogP contribution in [0.5, 0.6) is 5.75 Å². The first-order chi connectivity index (χ1) is 13.9.